The molecule has 16 heavy (non-hydrogen) atoms. The van der Waals surface area contributed by atoms with Crippen LogP contribution in [0.25, 0.3) is 21.8 Å². The van der Waals surface area contributed by atoms with E-state index in [1.54, 1.807) is 0 Å². The van der Waals surface area contributed by atoms with E-state index in [-0.39, 0.29) is 0 Å². The van der Waals surface area contributed by atoms with Crippen LogP contribution in [0.2, 0.25) is 0 Å². The zero-order chi connectivity index (χ0) is 11.3. The molecule has 80 valence electrons. The molecule has 1 aromatic heterocycles. The van der Waals surface area contributed by atoms with E-state index in [1.807, 2.05) is 0 Å². The number of benzene rings is 2. The fourth-order valence-electron chi connectivity index (χ4n) is 2.67. The maximum Gasteiger partial charge on any atom is 0.0494 e. The Balaban J connectivity index is 2.67. The Hall–Kier alpha value is -1.76. The van der Waals surface area contributed by atoms with Gasteiger partial charge in [0.2, 0.25) is 0 Å². The fourth-order valence-corrected chi connectivity index (χ4v) is 2.67. The van der Waals surface area contributed by atoms with Gasteiger partial charge in [0.15, 0.2) is 0 Å². The number of rotatable bonds is 0. The zero-order valence-electron chi connectivity index (χ0n) is 9.91. The first-order valence-electron chi connectivity index (χ1n) is 5.63. The van der Waals surface area contributed by atoms with Gasteiger partial charge in [-0.25, -0.2) is 0 Å². The van der Waals surface area contributed by atoms with Gasteiger partial charge in [-0.15, -0.1) is 0 Å². The molecule has 1 heteroatoms. The molecular formula is C15H15N. The molecule has 0 saturated carbocycles. The van der Waals surface area contributed by atoms with Gasteiger partial charge >= 0.3 is 0 Å². The first kappa shape index (κ1) is 9.46. The summed E-state index contributed by atoms with van der Waals surface area (Å²) < 4.78 is 2.28. The Labute approximate surface area is 95.3 Å². The highest BCUT2D eigenvalue weighted by molar-refractivity contribution is 6.09. The molecule has 0 saturated heterocycles. The summed E-state index contributed by atoms with van der Waals surface area (Å²) >= 11 is 0. The van der Waals surface area contributed by atoms with Crippen LogP contribution in [0, 0.1) is 13.8 Å². The van der Waals surface area contributed by atoms with Crippen molar-refractivity contribution in [2.75, 3.05) is 0 Å². The average molecular weight is 209 g/mol. The van der Waals surface area contributed by atoms with E-state index in [2.05, 4.69) is 61.9 Å². The highest BCUT2D eigenvalue weighted by Crippen LogP contribution is 2.31. The van der Waals surface area contributed by atoms with Crippen LogP contribution in [0.1, 0.15) is 11.1 Å². The minimum absolute atomic E-state index is 1.31. The number of fused-ring (bicyclic) bond motifs is 3. The lowest BCUT2D eigenvalue weighted by Crippen LogP contribution is -1.87. The highest BCUT2D eigenvalue weighted by atomic mass is 14.9. The lowest BCUT2D eigenvalue weighted by atomic mass is 10.1. The molecule has 0 aliphatic rings. The van der Waals surface area contributed by atoms with E-state index in [9.17, 15) is 0 Å². The molecule has 0 radical (unpaired) electrons. The molecule has 0 aliphatic carbocycles. The van der Waals surface area contributed by atoms with Crippen molar-refractivity contribution in [2.45, 2.75) is 13.8 Å². The van der Waals surface area contributed by atoms with Crippen molar-refractivity contribution < 1.29 is 0 Å². The third-order valence-electron chi connectivity index (χ3n) is 3.36. The third-order valence-corrected chi connectivity index (χ3v) is 3.36. The number of aromatic nitrogens is 1. The average Bonchev–Trinajstić information content (AvgIpc) is 2.54. The molecule has 0 atom stereocenters. The smallest absolute Gasteiger partial charge is 0.0494 e. The van der Waals surface area contributed by atoms with Crippen LogP contribution in [0.5, 0.6) is 0 Å². The van der Waals surface area contributed by atoms with Crippen molar-refractivity contribution in [1.82, 2.24) is 4.57 Å². The summed E-state index contributed by atoms with van der Waals surface area (Å²) in [6.45, 7) is 4.35. The minimum atomic E-state index is 1.31. The summed E-state index contributed by atoms with van der Waals surface area (Å²) in [4.78, 5) is 0. The first-order chi connectivity index (χ1) is 7.68. The number of para-hydroxylation sites is 1. The van der Waals surface area contributed by atoms with Crippen LogP contribution in [-0.4, -0.2) is 4.57 Å². The molecule has 0 unspecified atom stereocenters. The maximum absolute atomic E-state index is 2.28. The molecule has 1 nitrogen and oxygen atoms in total. The lowest BCUT2D eigenvalue weighted by Gasteiger charge is -2.01. The quantitative estimate of drug-likeness (QED) is 0.528. The van der Waals surface area contributed by atoms with Crippen molar-refractivity contribution in [2.24, 2.45) is 7.05 Å². The normalized spacial score (nSPS) is 11.4. The second-order valence-electron chi connectivity index (χ2n) is 4.55. The summed E-state index contributed by atoms with van der Waals surface area (Å²) in [5.74, 6) is 0. The first-order valence-corrected chi connectivity index (χ1v) is 5.63. The van der Waals surface area contributed by atoms with E-state index in [0.29, 0.717) is 0 Å². The molecule has 1 heterocycles. The molecule has 0 N–H and O–H groups in total. The van der Waals surface area contributed by atoms with Gasteiger partial charge in [0.25, 0.3) is 0 Å². The summed E-state index contributed by atoms with van der Waals surface area (Å²) in [5, 5.41) is 2.75. The van der Waals surface area contributed by atoms with Gasteiger partial charge in [0.05, 0.1) is 0 Å². The van der Waals surface area contributed by atoms with Crippen molar-refractivity contribution in [3.8, 4) is 0 Å². The van der Waals surface area contributed by atoms with Crippen LogP contribution in [0.4, 0.5) is 0 Å². The Morgan fingerprint density at radius 2 is 1.69 bits per heavy atom. The van der Waals surface area contributed by atoms with Gasteiger partial charge < -0.3 is 4.57 Å². The molecule has 2 aromatic carbocycles. The number of hydrogen-bond donors (Lipinski definition) is 0. The summed E-state index contributed by atoms with van der Waals surface area (Å²) in [6.07, 6.45) is 0. The standard InChI is InChI=1S/C15H15N/c1-10-8-11(2)15-12-6-4-5-7-13(12)16(3)14(15)9-10/h4-9H,1-3H3. The van der Waals surface area contributed by atoms with E-state index in [4.69, 9.17) is 0 Å². The SMILES string of the molecule is Cc1cc(C)c2c3ccccc3n(C)c2c1. The van der Waals surface area contributed by atoms with Crippen LogP contribution in [0.15, 0.2) is 36.4 Å². The monoisotopic (exact) mass is 209 g/mol. The Kier molecular flexibility index (Phi) is 1.84. The molecule has 0 aliphatic heterocycles. The van der Waals surface area contributed by atoms with Gasteiger partial charge in [-0.1, -0.05) is 24.3 Å². The summed E-state index contributed by atoms with van der Waals surface area (Å²) in [6, 6.07) is 13.1. The van der Waals surface area contributed by atoms with E-state index in [1.165, 1.54) is 32.9 Å². The second-order valence-corrected chi connectivity index (χ2v) is 4.55. The molecule has 0 bridgehead atoms. The predicted octanol–water partition coefficient (Wildman–Crippen LogP) is 3.95. The minimum Gasteiger partial charge on any atom is -0.344 e. The van der Waals surface area contributed by atoms with Crippen molar-refractivity contribution in [1.29, 1.82) is 0 Å². The van der Waals surface area contributed by atoms with Crippen molar-refractivity contribution >= 4 is 21.8 Å². The van der Waals surface area contributed by atoms with E-state index >= 15 is 0 Å². The van der Waals surface area contributed by atoms with Gasteiger partial charge in [0.1, 0.15) is 0 Å². The Morgan fingerprint density at radius 1 is 0.938 bits per heavy atom. The molecule has 3 rings (SSSR count). The van der Waals surface area contributed by atoms with Crippen LogP contribution < -0.4 is 0 Å². The topological polar surface area (TPSA) is 4.93 Å². The molecule has 3 aromatic rings. The number of hydrogen-bond acceptors (Lipinski definition) is 0. The zero-order valence-corrected chi connectivity index (χ0v) is 9.91. The molecule has 0 fully saturated rings. The van der Waals surface area contributed by atoms with Crippen LogP contribution in [0.3, 0.4) is 0 Å². The predicted molar refractivity (Wildman–Crippen MR) is 69.9 cm³/mol. The number of aryl methyl sites for hydroxylation is 3. The van der Waals surface area contributed by atoms with Gasteiger partial charge in [-0.2, -0.15) is 0 Å². The molecule has 0 amide bonds. The van der Waals surface area contributed by atoms with Crippen molar-refractivity contribution in [3.05, 3.63) is 47.5 Å². The second kappa shape index (κ2) is 3.11. The Bertz CT molecular complexity index is 689. The largest absolute Gasteiger partial charge is 0.344 e. The summed E-state index contributed by atoms with van der Waals surface area (Å²) in [7, 11) is 2.14. The Morgan fingerprint density at radius 3 is 2.50 bits per heavy atom. The van der Waals surface area contributed by atoms with Gasteiger partial charge in [-0.05, 0) is 37.1 Å². The van der Waals surface area contributed by atoms with Crippen molar-refractivity contribution in [3.63, 3.8) is 0 Å². The molecular weight excluding hydrogens is 194 g/mol. The maximum atomic E-state index is 2.28. The highest BCUT2D eigenvalue weighted by Gasteiger charge is 2.09. The van der Waals surface area contributed by atoms with Crippen LogP contribution in [-0.2, 0) is 7.05 Å². The van der Waals surface area contributed by atoms with E-state index < -0.39 is 0 Å². The summed E-state index contributed by atoms with van der Waals surface area (Å²) in [5.41, 5.74) is 5.34. The van der Waals surface area contributed by atoms with Gasteiger partial charge in [-0.3, -0.25) is 0 Å². The van der Waals surface area contributed by atoms with Crippen LogP contribution >= 0.6 is 0 Å². The molecule has 0 spiro atoms. The lowest BCUT2D eigenvalue weighted by molar-refractivity contribution is 1.01. The number of nitrogens with zero attached hydrogens (tertiary/aromatic N) is 1. The van der Waals surface area contributed by atoms with E-state index in [0.717, 1.165) is 0 Å². The fraction of sp³-hybridized carbons (Fsp3) is 0.200. The third kappa shape index (κ3) is 1.12. The van der Waals surface area contributed by atoms with Gasteiger partial charge in [0, 0.05) is 28.9 Å².